The molecule has 1 rings (SSSR count). The molecule has 0 radical (unpaired) electrons. The standard InChI is InChI=1S/C6H4ClFO4S/c7-13(11,12)4-2-1-3(9)5(8)6(4)10/h1-2,9-10H. The SMILES string of the molecule is O=S(=O)(Cl)c1ccc(O)c(F)c1O. The first-order valence-corrected chi connectivity index (χ1v) is 5.30. The van der Waals surface area contributed by atoms with Crippen LogP contribution in [0.3, 0.4) is 0 Å². The van der Waals surface area contributed by atoms with Gasteiger partial charge in [0.15, 0.2) is 11.5 Å². The van der Waals surface area contributed by atoms with Gasteiger partial charge in [-0.15, -0.1) is 0 Å². The van der Waals surface area contributed by atoms with Crippen LogP contribution in [0.2, 0.25) is 0 Å². The fourth-order valence-electron chi connectivity index (χ4n) is 0.733. The molecule has 1 aromatic carbocycles. The van der Waals surface area contributed by atoms with E-state index < -0.39 is 31.3 Å². The van der Waals surface area contributed by atoms with Gasteiger partial charge in [0.05, 0.1) is 0 Å². The van der Waals surface area contributed by atoms with E-state index >= 15 is 0 Å². The largest absolute Gasteiger partial charge is 0.505 e. The van der Waals surface area contributed by atoms with Crippen molar-refractivity contribution in [2.75, 3.05) is 0 Å². The molecule has 0 heterocycles. The van der Waals surface area contributed by atoms with Crippen LogP contribution in [0.4, 0.5) is 4.39 Å². The van der Waals surface area contributed by atoms with Gasteiger partial charge in [-0.1, -0.05) is 0 Å². The van der Waals surface area contributed by atoms with E-state index in [0.29, 0.717) is 0 Å². The van der Waals surface area contributed by atoms with E-state index in [1.165, 1.54) is 0 Å². The van der Waals surface area contributed by atoms with Crippen LogP contribution in [-0.4, -0.2) is 18.6 Å². The Labute approximate surface area is 77.6 Å². The minimum Gasteiger partial charge on any atom is -0.505 e. The molecule has 0 amide bonds. The monoisotopic (exact) mass is 226 g/mol. The predicted molar refractivity (Wildman–Crippen MR) is 42.8 cm³/mol. The van der Waals surface area contributed by atoms with Gasteiger partial charge in [-0.05, 0) is 12.1 Å². The number of hydrogen-bond donors (Lipinski definition) is 2. The summed E-state index contributed by atoms with van der Waals surface area (Å²) in [4.78, 5) is -0.774. The topological polar surface area (TPSA) is 74.6 Å². The molecule has 0 saturated heterocycles. The van der Waals surface area contributed by atoms with E-state index in [9.17, 15) is 12.8 Å². The van der Waals surface area contributed by atoms with E-state index in [-0.39, 0.29) is 0 Å². The molecule has 0 atom stereocenters. The molecule has 2 N–H and O–H groups in total. The Hall–Kier alpha value is -1.01. The summed E-state index contributed by atoms with van der Waals surface area (Å²) in [5.41, 5.74) is 0. The number of hydrogen-bond acceptors (Lipinski definition) is 4. The van der Waals surface area contributed by atoms with Gasteiger partial charge in [-0.2, -0.15) is 4.39 Å². The fourth-order valence-corrected chi connectivity index (χ4v) is 1.66. The van der Waals surface area contributed by atoms with Gasteiger partial charge in [0.1, 0.15) is 4.90 Å². The van der Waals surface area contributed by atoms with Gasteiger partial charge >= 0.3 is 0 Å². The number of aromatic hydroxyl groups is 2. The fraction of sp³-hybridized carbons (Fsp3) is 0. The molecular weight excluding hydrogens is 223 g/mol. The van der Waals surface area contributed by atoms with Crippen molar-refractivity contribution in [3.05, 3.63) is 17.9 Å². The van der Waals surface area contributed by atoms with Crippen molar-refractivity contribution in [2.24, 2.45) is 0 Å². The molecule has 0 fully saturated rings. The average molecular weight is 227 g/mol. The molecule has 1 aromatic rings. The van der Waals surface area contributed by atoms with Gasteiger partial charge in [0.2, 0.25) is 5.82 Å². The normalized spacial score (nSPS) is 11.5. The van der Waals surface area contributed by atoms with Gasteiger partial charge in [-0.3, -0.25) is 0 Å². The summed E-state index contributed by atoms with van der Waals surface area (Å²) in [5, 5.41) is 17.6. The number of phenols is 2. The van der Waals surface area contributed by atoms with Crippen molar-refractivity contribution in [2.45, 2.75) is 4.90 Å². The molecule has 0 aliphatic carbocycles. The van der Waals surface area contributed by atoms with Crippen LogP contribution in [0, 0.1) is 5.82 Å². The van der Waals surface area contributed by atoms with Gasteiger partial charge < -0.3 is 10.2 Å². The molecule has 0 aliphatic rings. The Kier molecular flexibility index (Phi) is 2.36. The van der Waals surface area contributed by atoms with E-state index in [1.54, 1.807) is 0 Å². The molecule has 7 heteroatoms. The quantitative estimate of drug-likeness (QED) is 0.705. The molecule has 0 aromatic heterocycles. The zero-order valence-corrected chi connectivity index (χ0v) is 7.60. The van der Waals surface area contributed by atoms with Crippen LogP contribution in [0.15, 0.2) is 17.0 Å². The molecule has 0 spiro atoms. The highest BCUT2D eigenvalue weighted by Crippen LogP contribution is 2.33. The smallest absolute Gasteiger partial charge is 0.265 e. The third-order valence-corrected chi connectivity index (χ3v) is 2.67. The number of rotatable bonds is 1. The summed E-state index contributed by atoms with van der Waals surface area (Å²) < 4.78 is 34.0. The summed E-state index contributed by atoms with van der Waals surface area (Å²) in [6.07, 6.45) is 0. The minimum atomic E-state index is -4.20. The molecule has 72 valence electrons. The first kappa shape index (κ1) is 10.1. The van der Waals surface area contributed by atoms with Crippen LogP contribution in [0.1, 0.15) is 0 Å². The lowest BCUT2D eigenvalue weighted by atomic mass is 10.3. The lowest BCUT2D eigenvalue weighted by Gasteiger charge is -2.02. The maximum atomic E-state index is 12.7. The number of benzene rings is 1. The lowest BCUT2D eigenvalue weighted by Crippen LogP contribution is -1.93. The van der Waals surface area contributed by atoms with E-state index in [2.05, 4.69) is 0 Å². The molecular formula is C6H4ClFO4S. The Morgan fingerprint density at radius 3 is 2.31 bits per heavy atom. The first-order chi connectivity index (χ1) is 5.84. The van der Waals surface area contributed by atoms with Crippen LogP contribution < -0.4 is 0 Å². The Morgan fingerprint density at radius 1 is 1.31 bits per heavy atom. The molecule has 13 heavy (non-hydrogen) atoms. The second kappa shape index (κ2) is 3.04. The van der Waals surface area contributed by atoms with Gasteiger partial charge in [-0.25, -0.2) is 8.42 Å². The van der Waals surface area contributed by atoms with Crippen molar-refractivity contribution in [3.8, 4) is 11.5 Å². The van der Waals surface area contributed by atoms with E-state index in [0.717, 1.165) is 12.1 Å². The summed E-state index contributed by atoms with van der Waals surface area (Å²) in [5.74, 6) is -3.45. The number of halogens is 2. The predicted octanol–water partition coefficient (Wildman–Crippen LogP) is 1.16. The van der Waals surface area contributed by atoms with Crippen LogP contribution in [-0.2, 0) is 9.05 Å². The molecule has 0 saturated carbocycles. The first-order valence-electron chi connectivity index (χ1n) is 2.99. The molecule has 0 aliphatic heterocycles. The van der Waals surface area contributed by atoms with E-state index in [1.807, 2.05) is 0 Å². The average Bonchev–Trinajstić information content (AvgIpc) is 1.98. The second-order valence-electron chi connectivity index (χ2n) is 2.18. The van der Waals surface area contributed by atoms with Crippen molar-refractivity contribution in [1.82, 2.24) is 0 Å². The third kappa shape index (κ3) is 1.84. The Bertz CT molecular complexity index is 442. The van der Waals surface area contributed by atoms with Gasteiger partial charge in [0, 0.05) is 10.7 Å². The maximum absolute atomic E-state index is 12.7. The minimum absolute atomic E-state index is 0.774. The molecule has 0 bridgehead atoms. The zero-order chi connectivity index (χ0) is 10.2. The van der Waals surface area contributed by atoms with Crippen molar-refractivity contribution in [3.63, 3.8) is 0 Å². The third-order valence-electron chi connectivity index (χ3n) is 1.32. The highest BCUT2D eigenvalue weighted by molar-refractivity contribution is 8.13. The zero-order valence-electron chi connectivity index (χ0n) is 6.03. The van der Waals surface area contributed by atoms with Crippen LogP contribution in [0.5, 0.6) is 11.5 Å². The highest BCUT2D eigenvalue weighted by Gasteiger charge is 2.20. The Morgan fingerprint density at radius 2 is 1.85 bits per heavy atom. The van der Waals surface area contributed by atoms with Crippen molar-refractivity contribution < 1.29 is 23.0 Å². The summed E-state index contributed by atoms with van der Waals surface area (Å²) >= 11 is 0. The molecule has 0 unspecified atom stereocenters. The van der Waals surface area contributed by atoms with Crippen molar-refractivity contribution in [1.29, 1.82) is 0 Å². The second-order valence-corrected chi connectivity index (χ2v) is 4.72. The van der Waals surface area contributed by atoms with Crippen LogP contribution in [0.25, 0.3) is 0 Å². The molecule has 4 nitrogen and oxygen atoms in total. The Balaban J connectivity index is 3.53. The summed E-state index contributed by atoms with van der Waals surface area (Å²) in [6, 6.07) is 1.58. The van der Waals surface area contributed by atoms with Crippen LogP contribution >= 0.6 is 10.7 Å². The highest BCUT2D eigenvalue weighted by atomic mass is 35.7. The van der Waals surface area contributed by atoms with Gasteiger partial charge in [0.25, 0.3) is 9.05 Å². The lowest BCUT2D eigenvalue weighted by molar-refractivity contribution is 0.380. The van der Waals surface area contributed by atoms with Crippen molar-refractivity contribution >= 4 is 19.7 Å². The summed E-state index contributed by atoms with van der Waals surface area (Å²) in [7, 11) is 0.650. The van der Waals surface area contributed by atoms with E-state index in [4.69, 9.17) is 20.9 Å². The maximum Gasteiger partial charge on any atom is 0.265 e. The number of phenolic OH excluding ortho intramolecular Hbond substituents is 2. The summed E-state index contributed by atoms with van der Waals surface area (Å²) in [6.45, 7) is 0.